The van der Waals surface area contributed by atoms with Gasteiger partial charge in [-0.2, -0.15) is 0 Å². The molecule has 3 nitrogen and oxygen atoms in total. The van der Waals surface area contributed by atoms with Gasteiger partial charge in [-0.05, 0) is 11.8 Å². The Bertz CT molecular complexity index is 356. The fraction of sp³-hybridized carbons (Fsp3) is 0.800. The lowest BCUT2D eigenvalue weighted by Gasteiger charge is -2.30. The Morgan fingerprint density at radius 1 is 1.17 bits per heavy atom. The minimum Gasteiger partial charge on any atom is -0.323 e. The van der Waals surface area contributed by atoms with E-state index in [1.54, 1.807) is 5.71 Å². The third kappa shape index (κ3) is 3.58. The third-order valence-electron chi connectivity index (χ3n) is 3.79. The second-order valence-corrected chi connectivity index (χ2v) is 6.63. The first kappa shape index (κ1) is 13.6. The molecule has 0 aromatic rings. The lowest BCUT2D eigenvalue weighted by Crippen LogP contribution is -2.38. The molecule has 102 valence electrons. The summed E-state index contributed by atoms with van der Waals surface area (Å²) in [7, 11) is 4.12. The van der Waals surface area contributed by atoms with Crippen molar-refractivity contribution in [2.45, 2.75) is 46.0 Å². The zero-order valence-electron chi connectivity index (χ0n) is 12.4. The van der Waals surface area contributed by atoms with Gasteiger partial charge in [-0.3, -0.25) is 0 Å². The molecule has 1 aliphatic carbocycles. The van der Waals surface area contributed by atoms with Crippen LogP contribution in [0.1, 0.15) is 46.0 Å². The maximum Gasteiger partial charge on any atom is 0.159 e. The van der Waals surface area contributed by atoms with E-state index in [1.165, 1.54) is 44.5 Å². The molecule has 0 radical (unpaired) electrons. The van der Waals surface area contributed by atoms with Gasteiger partial charge in [0, 0.05) is 39.1 Å². The van der Waals surface area contributed by atoms with Gasteiger partial charge >= 0.3 is 0 Å². The van der Waals surface area contributed by atoms with Gasteiger partial charge in [-0.1, -0.05) is 19.9 Å². The van der Waals surface area contributed by atoms with E-state index in [9.17, 15) is 0 Å². The summed E-state index contributed by atoms with van der Waals surface area (Å²) in [5.74, 6) is 0. The molecule has 2 aliphatic rings. The molecule has 0 amide bonds. The maximum atomic E-state index is 3.45. The van der Waals surface area contributed by atoms with E-state index >= 15 is 0 Å². The Kier molecular flexibility index (Phi) is 4.10. The predicted molar refractivity (Wildman–Crippen MR) is 76.8 cm³/mol. The lowest BCUT2D eigenvalue weighted by atomic mass is 9.80. The first-order chi connectivity index (χ1) is 8.46. The minimum absolute atomic E-state index is 0.281. The Balaban J connectivity index is 2.18. The average molecular weight is 250 g/mol. The Morgan fingerprint density at radius 3 is 2.44 bits per heavy atom. The summed E-state index contributed by atoms with van der Waals surface area (Å²) < 4.78 is 2.63. The van der Waals surface area contributed by atoms with Crippen molar-refractivity contribution in [3.05, 3.63) is 11.8 Å². The average Bonchev–Trinajstić information content (AvgIpc) is 2.27. The summed E-state index contributed by atoms with van der Waals surface area (Å²) >= 11 is 0. The Hall–Kier alpha value is -0.830. The van der Waals surface area contributed by atoms with Crippen LogP contribution in [0.2, 0.25) is 0 Å². The van der Waals surface area contributed by atoms with E-state index in [-0.39, 0.29) is 5.41 Å². The number of nitrogens with zero attached hydrogens (tertiary/aromatic N) is 2. The van der Waals surface area contributed by atoms with Crippen molar-refractivity contribution in [2.24, 2.45) is 5.41 Å². The van der Waals surface area contributed by atoms with Crippen molar-refractivity contribution in [1.82, 2.24) is 10.4 Å². The van der Waals surface area contributed by atoms with Crippen LogP contribution in [0.3, 0.4) is 0 Å². The van der Waals surface area contributed by atoms with Crippen LogP contribution in [0, 0.1) is 5.41 Å². The quantitative estimate of drug-likeness (QED) is 0.599. The van der Waals surface area contributed by atoms with Crippen LogP contribution in [0.25, 0.3) is 0 Å². The van der Waals surface area contributed by atoms with Crippen LogP contribution in [0.5, 0.6) is 0 Å². The molecule has 1 saturated heterocycles. The smallest absolute Gasteiger partial charge is 0.159 e. The standard InChI is InChI=1S/C15H28N3/c1-15(2)11-13(16-17(3)4)10-14(12-15)18-8-6-5-7-9-18/h11,16H,5-10,12H2,1-4H3/q+1. The highest BCUT2D eigenvalue weighted by molar-refractivity contribution is 5.84. The SMILES string of the molecule is CN(C)NC1=CC(C)(C)CC(=[N+]2CCCCC2)C1. The molecule has 2 rings (SSSR count). The molecule has 1 N–H and O–H groups in total. The van der Waals surface area contributed by atoms with Gasteiger partial charge in [0.25, 0.3) is 0 Å². The number of allylic oxidation sites excluding steroid dienone is 2. The van der Waals surface area contributed by atoms with Gasteiger partial charge in [-0.15, -0.1) is 0 Å². The molecule has 0 bridgehead atoms. The molecule has 1 heterocycles. The molecule has 0 unspecified atom stereocenters. The lowest BCUT2D eigenvalue weighted by molar-refractivity contribution is -0.539. The summed E-state index contributed by atoms with van der Waals surface area (Å²) in [6.07, 6.45) is 8.85. The Morgan fingerprint density at radius 2 is 1.83 bits per heavy atom. The molecule has 18 heavy (non-hydrogen) atoms. The summed E-state index contributed by atoms with van der Waals surface area (Å²) in [6.45, 7) is 7.21. The summed E-state index contributed by atoms with van der Waals surface area (Å²) in [4.78, 5) is 0. The fourth-order valence-corrected chi connectivity index (χ4v) is 3.17. The van der Waals surface area contributed by atoms with E-state index in [0.717, 1.165) is 6.42 Å². The largest absolute Gasteiger partial charge is 0.323 e. The van der Waals surface area contributed by atoms with Crippen molar-refractivity contribution in [3.8, 4) is 0 Å². The number of hydrogen-bond acceptors (Lipinski definition) is 2. The van der Waals surface area contributed by atoms with Crippen molar-refractivity contribution in [2.75, 3.05) is 27.2 Å². The zero-order valence-corrected chi connectivity index (χ0v) is 12.4. The predicted octanol–water partition coefficient (Wildman–Crippen LogP) is 2.39. The van der Waals surface area contributed by atoms with Crippen LogP contribution in [-0.2, 0) is 0 Å². The molecular weight excluding hydrogens is 222 g/mol. The van der Waals surface area contributed by atoms with E-state index in [0.29, 0.717) is 0 Å². The number of rotatable bonds is 2. The van der Waals surface area contributed by atoms with Crippen LogP contribution in [0.4, 0.5) is 0 Å². The molecule has 0 aromatic carbocycles. The molecule has 0 atom stereocenters. The van der Waals surface area contributed by atoms with Crippen LogP contribution < -0.4 is 5.43 Å². The van der Waals surface area contributed by atoms with E-state index in [4.69, 9.17) is 0 Å². The van der Waals surface area contributed by atoms with E-state index in [2.05, 4.69) is 44.0 Å². The van der Waals surface area contributed by atoms with Gasteiger partial charge in [0.2, 0.25) is 0 Å². The summed E-state index contributed by atoms with van der Waals surface area (Å²) in [5, 5.41) is 2.04. The van der Waals surface area contributed by atoms with Gasteiger partial charge in [0.15, 0.2) is 5.71 Å². The molecule has 1 aliphatic heterocycles. The number of hydrogen-bond donors (Lipinski definition) is 1. The fourth-order valence-electron chi connectivity index (χ4n) is 3.17. The number of hydrazine groups is 1. The number of piperidine rings is 1. The molecule has 0 spiro atoms. The maximum absolute atomic E-state index is 3.45. The van der Waals surface area contributed by atoms with Crippen molar-refractivity contribution >= 4 is 5.71 Å². The monoisotopic (exact) mass is 250 g/mol. The summed E-state index contributed by atoms with van der Waals surface area (Å²) in [6, 6.07) is 0. The minimum atomic E-state index is 0.281. The molecule has 3 heteroatoms. The van der Waals surface area contributed by atoms with E-state index in [1.807, 2.05) is 5.01 Å². The van der Waals surface area contributed by atoms with Crippen molar-refractivity contribution in [1.29, 1.82) is 0 Å². The van der Waals surface area contributed by atoms with Gasteiger partial charge in [0.05, 0.1) is 6.42 Å². The molecular formula is C15H28N3+. The van der Waals surface area contributed by atoms with Gasteiger partial charge in [-0.25, -0.2) is 9.58 Å². The summed E-state index contributed by atoms with van der Waals surface area (Å²) in [5.41, 5.74) is 6.72. The third-order valence-corrected chi connectivity index (χ3v) is 3.79. The number of nitrogens with one attached hydrogen (secondary N) is 1. The topological polar surface area (TPSA) is 18.3 Å². The van der Waals surface area contributed by atoms with E-state index < -0.39 is 0 Å². The highest BCUT2D eigenvalue weighted by Gasteiger charge is 2.31. The molecule has 0 saturated carbocycles. The van der Waals surface area contributed by atoms with Crippen LogP contribution in [0.15, 0.2) is 11.8 Å². The van der Waals surface area contributed by atoms with Crippen molar-refractivity contribution in [3.63, 3.8) is 0 Å². The normalized spacial score (nSPS) is 24.2. The van der Waals surface area contributed by atoms with Crippen LogP contribution in [-0.4, -0.2) is 42.5 Å². The highest BCUT2D eigenvalue weighted by atomic mass is 15.5. The van der Waals surface area contributed by atoms with Gasteiger partial charge < -0.3 is 5.43 Å². The first-order valence-electron chi connectivity index (χ1n) is 7.22. The first-order valence-corrected chi connectivity index (χ1v) is 7.22. The second-order valence-electron chi connectivity index (χ2n) is 6.63. The molecule has 0 aromatic heterocycles. The second kappa shape index (κ2) is 5.43. The highest BCUT2D eigenvalue weighted by Crippen LogP contribution is 2.31. The zero-order chi connectivity index (χ0) is 13.2. The van der Waals surface area contributed by atoms with Crippen molar-refractivity contribution < 1.29 is 4.58 Å². The van der Waals surface area contributed by atoms with Crippen LogP contribution >= 0.6 is 0 Å². The molecule has 1 fully saturated rings. The Labute approximate surface area is 112 Å². The van der Waals surface area contributed by atoms with Gasteiger partial charge in [0.1, 0.15) is 13.1 Å².